The summed E-state index contributed by atoms with van der Waals surface area (Å²) in [6.07, 6.45) is 1.62. The first-order chi connectivity index (χ1) is 13.4. The highest BCUT2D eigenvalue weighted by molar-refractivity contribution is 8.00. The van der Waals surface area contributed by atoms with Crippen molar-refractivity contribution in [1.29, 1.82) is 0 Å². The number of amides is 1. The number of benzene rings is 1. The minimum absolute atomic E-state index is 0.00869. The molecular formula is C21H25N3O2S2. The Morgan fingerprint density at radius 1 is 1.29 bits per heavy atom. The van der Waals surface area contributed by atoms with Crippen molar-refractivity contribution in [3.05, 3.63) is 57.2 Å². The van der Waals surface area contributed by atoms with Crippen LogP contribution in [0, 0.1) is 0 Å². The summed E-state index contributed by atoms with van der Waals surface area (Å²) in [5.74, 6) is 0.00869. The quantitative estimate of drug-likeness (QED) is 0.435. The van der Waals surface area contributed by atoms with Crippen LogP contribution in [0.2, 0.25) is 0 Å². The predicted octanol–water partition coefficient (Wildman–Crippen LogP) is 3.83. The molecule has 0 saturated carbocycles. The number of carbonyl (C=O) groups excluding carboxylic acids is 1. The molecule has 0 aliphatic heterocycles. The highest BCUT2D eigenvalue weighted by atomic mass is 32.2. The van der Waals surface area contributed by atoms with Crippen LogP contribution in [0.1, 0.15) is 24.3 Å². The molecule has 0 aliphatic carbocycles. The van der Waals surface area contributed by atoms with Crippen LogP contribution in [0.5, 0.6) is 0 Å². The number of thioether (sulfide) groups is 1. The highest BCUT2D eigenvalue weighted by Gasteiger charge is 2.21. The molecule has 1 atom stereocenters. The van der Waals surface area contributed by atoms with Gasteiger partial charge in [-0.25, -0.2) is 4.98 Å². The molecule has 0 N–H and O–H groups in total. The third-order valence-electron chi connectivity index (χ3n) is 4.55. The van der Waals surface area contributed by atoms with E-state index in [-0.39, 0.29) is 16.7 Å². The summed E-state index contributed by atoms with van der Waals surface area (Å²) in [6.45, 7) is 4.47. The van der Waals surface area contributed by atoms with E-state index in [1.165, 1.54) is 17.3 Å². The zero-order valence-electron chi connectivity index (χ0n) is 16.6. The molecule has 1 aromatic carbocycles. The van der Waals surface area contributed by atoms with Gasteiger partial charge in [-0.3, -0.25) is 14.2 Å². The Balaban J connectivity index is 2.00. The largest absolute Gasteiger partial charge is 0.348 e. The van der Waals surface area contributed by atoms with Crippen LogP contribution in [0.3, 0.4) is 0 Å². The molecule has 0 bridgehead atoms. The lowest BCUT2D eigenvalue weighted by Gasteiger charge is -2.18. The number of fused-ring (bicyclic) bond motifs is 1. The second-order valence-corrected chi connectivity index (χ2v) is 9.29. The predicted molar refractivity (Wildman–Crippen MR) is 117 cm³/mol. The van der Waals surface area contributed by atoms with Crippen molar-refractivity contribution < 1.29 is 4.79 Å². The minimum Gasteiger partial charge on any atom is -0.348 e. The molecule has 2 aromatic heterocycles. The monoisotopic (exact) mass is 415 g/mol. The van der Waals surface area contributed by atoms with Gasteiger partial charge in [0.15, 0.2) is 5.16 Å². The summed E-state index contributed by atoms with van der Waals surface area (Å²) in [6, 6.07) is 12.1. The number of rotatable bonds is 7. The third-order valence-corrected chi connectivity index (χ3v) is 6.80. The molecule has 7 heteroatoms. The molecule has 0 aliphatic rings. The molecule has 0 radical (unpaired) electrons. The molecule has 28 heavy (non-hydrogen) atoms. The zero-order valence-corrected chi connectivity index (χ0v) is 18.3. The number of nitrogens with zero attached hydrogens (tertiary/aromatic N) is 3. The van der Waals surface area contributed by atoms with Crippen molar-refractivity contribution in [2.24, 2.45) is 0 Å². The number of carbonyl (C=O) groups is 1. The van der Waals surface area contributed by atoms with Gasteiger partial charge >= 0.3 is 0 Å². The van der Waals surface area contributed by atoms with E-state index in [1.54, 1.807) is 34.9 Å². The number of hydrogen-bond donors (Lipinski definition) is 0. The van der Waals surface area contributed by atoms with Crippen molar-refractivity contribution in [1.82, 2.24) is 14.5 Å². The van der Waals surface area contributed by atoms with E-state index in [0.29, 0.717) is 17.1 Å². The summed E-state index contributed by atoms with van der Waals surface area (Å²) in [5.41, 5.74) is 1.14. The SMILES string of the molecule is CCc1cc2c(=O)n(CCc3ccccc3)c(S[C@H](C)C(=O)N(C)C)nc2s1. The minimum atomic E-state index is -0.312. The Bertz CT molecular complexity index is 1030. The fourth-order valence-electron chi connectivity index (χ4n) is 2.97. The average Bonchev–Trinajstić information content (AvgIpc) is 3.11. The van der Waals surface area contributed by atoms with Gasteiger partial charge in [0, 0.05) is 25.5 Å². The van der Waals surface area contributed by atoms with Gasteiger partial charge in [-0.1, -0.05) is 49.0 Å². The highest BCUT2D eigenvalue weighted by Crippen LogP contribution is 2.27. The fourth-order valence-corrected chi connectivity index (χ4v) is 5.06. The molecule has 5 nitrogen and oxygen atoms in total. The zero-order chi connectivity index (χ0) is 20.3. The first-order valence-corrected chi connectivity index (χ1v) is 11.0. The van der Waals surface area contributed by atoms with Crippen molar-refractivity contribution in [3.8, 4) is 0 Å². The van der Waals surface area contributed by atoms with Crippen LogP contribution < -0.4 is 5.56 Å². The molecule has 0 unspecified atom stereocenters. The standard InChI is InChI=1S/C21H25N3O2S2/c1-5-16-13-17-18(28-16)22-21(27-14(2)19(25)23(3)4)24(20(17)26)12-11-15-9-7-6-8-10-15/h6-10,13-14H,5,11-12H2,1-4H3/t14-/m1/s1. The molecule has 3 aromatic rings. The van der Waals surface area contributed by atoms with Crippen molar-refractivity contribution >= 4 is 39.2 Å². The van der Waals surface area contributed by atoms with Crippen molar-refractivity contribution in [2.45, 2.75) is 43.6 Å². The van der Waals surface area contributed by atoms with E-state index in [9.17, 15) is 9.59 Å². The Morgan fingerprint density at radius 3 is 2.64 bits per heavy atom. The van der Waals surface area contributed by atoms with E-state index in [0.717, 1.165) is 22.5 Å². The van der Waals surface area contributed by atoms with Gasteiger partial charge in [0.05, 0.1) is 10.6 Å². The normalized spacial score (nSPS) is 12.3. The molecule has 2 heterocycles. The van der Waals surface area contributed by atoms with E-state index >= 15 is 0 Å². The van der Waals surface area contributed by atoms with Gasteiger partial charge in [-0.15, -0.1) is 11.3 Å². The Labute approximate surface area is 173 Å². The molecule has 148 valence electrons. The van der Waals surface area contributed by atoms with Crippen LogP contribution in [-0.2, 0) is 24.2 Å². The van der Waals surface area contributed by atoms with Crippen LogP contribution in [0.4, 0.5) is 0 Å². The van der Waals surface area contributed by atoms with Gasteiger partial charge < -0.3 is 4.90 Å². The topological polar surface area (TPSA) is 55.2 Å². The molecule has 0 saturated heterocycles. The van der Waals surface area contributed by atoms with Crippen molar-refractivity contribution in [2.75, 3.05) is 14.1 Å². The molecule has 1 amide bonds. The lowest BCUT2D eigenvalue weighted by atomic mass is 10.1. The van der Waals surface area contributed by atoms with E-state index in [1.807, 2.05) is 31.2 Å². The summed E-state index contributed by atoms with van der Waals surface area (Å²) < 4.78 is 1.73. The lowest BCUT2D eigenvalue weighted by molar-refractivity contribution is -0.127. The summed E-state index contributed by atoms with van der Waals surface area (Å²) in [5, 5.41) is 0.972. The van der Waals surface area contributed by atoms with E-state index in [2.05, 4.69) is 19.1 Å². The van der Waals surface area contributed by atoms with E-state index in [4.69, 9.17) is 4.98 Å². The average molecular weight is 416 g/mol. The summed E-state index contributed by atoms with van der Waals surface area (Å²) in [4.78, 5) is 33.8. The van der Waals surface area contributed by atoms with Gasteiger partial charge in [-0.2, -0.15) is 0 Å². The smallest absolute Gasteiger partial charge is 0.262 e. The summed E-state index contributed by atoms with van der Waals surface area (Å²) >= 11 is 2.91. The van der Waals surface area contributed by atoms with Gasteiger partial charge in [0.1, 0.15) is 4.83 Å². The number of hydrogen-bond acceptors (Lipinski definition) is 5. The molecule has 3 rings (SSSR count). The van der Waals surface area contributed by atoms with Crippen LogP contribution in [-0.4, -0.2) is 39.7 Å². The van der Waals surface area contributed by atoms with Gasteiger partial charge in [0.2, 0.25) is 5.91 Å². The maximum Gasteiger partial charge on any atom is 0.262 e. The molecular weight excluding hydrogens is 390 g/mol. The second kappa shape index (κ2) is 8.92. The van der Waals surface area contributed by atoms with Gasteiger partial charge in [-0.05, 0) is 31.4 Å². The van der Waals surface area contributed by atoms with E-state index < -0.39 is 0 Å². The maximum absolute atomic E-state index is 13.2. The lowest BCUT2D eigenvalue weighted by Crippen LogP contribution is -2.31. The first-order valence-electron chi connectivity index (χ1n) is 9.35. The Morgan fingerprint density at radius 2 is 2.00 bits per heavy atom. The fraction of sp³-hybridized carbons (Fsp3) is 0.381. The van der Waals surface area contributed by atoms with Gasteiger partial charge in [0.25, 0.3) is 5.56 Å². The first kappa shape index (κ1) is 20.6. The number of aromatic nitrogens is 2. The Hall–Kier alpha value is -2.12. The number of aryl methyl sites for hydroxylation is 2. The Kier molecular flexibility index (Phi) is 6.57. The maximum atomic E-state index is 13.2. The second-order valence-electron chi connectivity index (χ2n) is 6.86. The number of thiophene rings is 1. The van der Waals surface area contributed by atoms with Crippen LogP contribution in [0.15, 0.2) is 46.3 Å². The van der Waals surface area contributed by atoms with Crippen LogP contribution in [0.25, 0.3) is 10.2 Å². The van der Waals surface area contributed by atoms with Crippen molar-refractivity contribution in [3.63, 3.8) is 0 Å². The summed E-state index contributed by atoms with van der Waals surface area (Å²) in [7, 11) is 3.48. The third kappa shape index (κ3) is 4.47. The molecule has 0 fully saturated rings. The molecule has 0 spiro atoms. The van der Waals surface area contributed by atoms with Crippen LogP contribution >= 0.6 is 23.1 Å².